The lowest BCUT2D eigenvalue weighted by molar-refractivity contribution is -0.0734. The van der Waals surface area contributed by atoms with Crippen molar-refractivity contribution < 1.29 is 14.6 Å². The van der Waals surface area contributed by atoms with Gasteiger partial charge in [-0.25, -0.2) is 0 Å². The zero-order valence-electron chi connectivity index (χ0n) is 12.1. The molecule has 20 heavy (non-hydrogen) atoms. The molecule has 1 fully saturated rings. The molecule has 1 aromatic carbocycles. The van der Waals surface area contributed by atoms with E-state index in [4.69, 9.17) is 10.5 Å². The van der Waals surface area contributed by atoms with Gasteiger partial charge >= 0.3 is 0 Å². The van der Waals surface area contributed by atoms with Crippen molar-refractivity contribution in [2.24, 2.45) is 0 Å². The number of nitrogens with two attached hydrogens (primary N) is 1. The number of anilines is 1. The molecule has 1 aliphatic rings. The molecule has 0 spiro atoms. The fourth-order valence-corrected chi connectivity index (χ4v) is 2.50. The Kier molecular flexibility index (Phi) is 4.30. The lowest BCUT2D eigenvalue weighted by atomic mass is 9.93. The molecule has 2 rings (SSSR count). The zero-order valence-corrected chi connectivity index (χ0v) is 12.1. The number of nitrogen functional groups attached to an aromatic ring is 1. The summed E-state index contributed by atoms with van der Waals surface area (Å²) in [7, 11) is 1.69. The highest BCUT2D eigenvalue weighted by Gasteiger charge is 2.32. The Hall–Kier alpha value is -1.59. The van der Waals surface area contributed by atoms with Crippen LogP contribution in [0.5, 0.6) is 0 Å². The normalized spacial score (nSPS) is 17.8. The van der Waals surface area contributed by atoms with Crippen molar-refractivity contribution in [2.45, 2.75) is 25.4 Å². The molecular weight excluding hydrogens is 256 g/mol. The van der Waals surface area contributed by atoms with Gasteiger partial charge in [-0.05, 0) is 18.6 Å². The van der Waals surface area contributed by atoms with E-state index < -0.39 is 5.60 Å². The van der Waals surface area contributed by atoms with Crippen molar-refractivity contribution >= 4 is 11.6 Å². The van der Waals surface area contributed by atoms with E-state index in [0.29, 0.717) is 43.9 Å². The van der Waals surface area contributed by atoms with Gasteiger partial charge in [-0.3, -0.25) is 4.79 Å². The summed E-state index contributed by atoms with van der Waals surface area (Å²) in [6.45, 7) is 3.23. The molecule has 110 valence electrons. The minimum atomic E-state index is -0.860. The number of aliphatic hydroxyl groups is 1. The van der Waals surface area contributed by atoms with Gasteiger partial charge in [0.2, 0.25) is 0 Å². The largest absolute Gasteiger partial charge is 0.398 e. The number of likely N-dealkylation sites (N-methyl/N-ethyl adjacent to an activating group) is 1. The van der Waals surface area contributed by atoms with Gasteiger partial charge in [0.25, 0.3) is 5.91 Å². The molecule has 1 aromatic rings. The fraction of sp³-hybridized carbons (Fsp3) is 0.533. The average molecular weight is 278 g/mol. The number of nitrogens with zero attached hydrogens (tertiary/aromatic N) is 1. The molecule has 1 aliphatic heterocycles. The van der Waals surface area contributed by atoms with Crippen LogP contribution in [-0.2, 0) is 4.74 Å². The smallest absolute Gasteiger partial charge is 0.255 e. The van der Waals surface area contributed by atoms with Gasteiger partial charge in [0, 0.05) is 45.3 Å². The Morgan fingerprint density at radius 2 is 2.10 bits per heavy atom. The minimum absolute atomic E-state index is 0.161. The lowest BCUT2D eigenvalue weighted by Gasteiger charge is -2.35. The highest BCUT2D eigenvalue weighted by molar-refractivity contribution is 5.99. The van der Waals surface area contributed by atoms with Gasteiger partial charge in [0.15, 0.2) is 0 Å². The number of carbonyl (C=O) groups is 1. The van der Waals surface area contributed by atoms with E-state index >= 15 is 0 Å². The van der Waals surface area contributed by atoms with Crippen molar-refractivity contribution in [3.8, 4) is 0 Å². The molecule has 0 bridgehead atoms. The van der Waals surface area contributed by atoms with Gasteiger partial charge in [-0.15, -0.1) is 0 Å². The molecule has 0 radical (unpaired) electrons. The highest BCUT2D eigenvalue weighted by Crippen LogP contribution is 2.23. The average Bonchev–Trinajstić information content (AvgIpc) is 2.41. The van der Waals surface area contributed by atoms with Crippen molar-refractivity contribution in [3.05, 3.63) is 29.3 Å². The summed E-state index contributed by atoms with van der Waals surface area (Å²) in [5.41, 5.74) is 6.97. The second kappa shape index (κ2) is 5.81. The third-order valence-electron chi connectivity index (χ3n) is 3.86. The van der Waals surface area contributed by atoms with E-state index in [0.717, 1.165) is 5.56 Å². The number of carbonyl (C=O) groups excluding carboxylic acids is 1. The van der Waals surface area contributed by atoms with Crippen LogP contribution < -0.4 is 5.73 Å². The first-order valence-electron chi connectivity index (χ1n) is 6.84. The van der Waals surface area contributed by atoms with Gasteiger partial charge in [0.05, 0.1) is 11.2 Å². The summed E-state index contributed by atoms with van der Waals surface area (Å²) < 4.78 is 5.24. The van der Waals surface area contributed by atoms with Crippen LogP contribution in [0.4, 0.5) is 5.69 Å². The van der Waals surface area contributed by atoms with E-state index in [1.54, 1.807) is 13.1 Å². The lowest BCUT2D eigenvalue weighted by Crippen LogP contribution is -2.47. The van der Waals surface area contributed by atoms with Crippen molar-refractivity contribution in [3.63, 3.8) is 0 Å². The van der Waals surface area contributed by atoms with Crippen LogP contribution in [0.3, 0.4) is 0 Å². The van der Waals surface area contributed by atoms with Crippen LogP contribution in [0, 0.1) is 6.92 Å². The first-order valence-corrected chi connectivity index (χ1v) is 6.84. The number of aryl methyl sites for hydroxylation is 1. The molecule has 5 heteroatoms. The minimum Gasteiger partial charge on any atom is -0.398 e. The number of hydrogen-bond acceptors (Lipinski definition) is 4. The Morgan fingerprint density at radius 1 is 1.45 bits per heavy atom. The van der Waals surface area contributed by atoms with Crippen LogP contribution in [0.2, 0.25) is 0 Å². The molecule has 0 saturated carbocycles. The van der Waals surface area contributed by atoms with E-state index in [2.05, 4.69) is 0 Å². The third-order valence-corrected chi connectivity index (χ3v) is 3.86. The first-order chi connectivity index (χ1) is 9.43. The Morgan fingerprint density at radius 3 is 2.75 bits per heavy atom. The van der Waals surface area contributed by atoms with Gasteiger partial charge in [0.1, 0.15) is 0 Å². The van der Waals surface area contributed by atoms with Crippen molar-refractivity contribution in [1.29, 1.82) is 0 Å². The molecule has 0 aliphatic carbocycles. The van der Waals surface area contributed by atoms with E-state index in [9.17, 15) is 9.90 Å². The summed E-state index contributed by atoms with van der Waals surface area (Å²) in [6.07, 6.45) is 1.10. The third kappa shape index (κ3) is 3.11. The molecule has 5 nitrogen and oxygen atoms in total. The molecule has 1 heterocycles. The quantitative estimate of drug-likeness (QED) is 0.814. The first kappa shape index (κ1) is 14.8. The number of para-hydroxylation sites is 1. The second-order valence-electron chi connectivity index (χ2n) is 5.53. The predicted octanol–water partition coefficient (Wildman–Crippen LogP) is 1.19. The molecular formula is C15H22N2O3. The molecule has 0 aromatic heterocycles. The van der Waals surface area contributed by atoms with Crippen LogP contribution in [-0.4, -0.2) is 48.3 Å². The van der Waals surface area contributed by atoms with Crippen LogP contribution in [0.25, 0.3) is 0 Å². The molecule has 3 N–H and O–H groups in total. The number of amides is 1. The topological polar surface area (TPSA) is 75.8 Å². The summed E-state index contributed by atoms with van der Waals surface area (Å²) in [5.74, 6) is -0.161. The maximum absolute atomic E-state index is 12.4. The van der Waals surface area contributed by atoms with Gasteiger partial charge in [-0.2, -0.15) is 0 Å². The summed E-state index contributed by atoms with van der Waals surface area (Å²) >= 11 is 0. The number of benzene rings is 1. The molecule has 0 unspecified atom stereocenters. The van der Waals surface area contributed by atoms with Crippen LogP contribution >= 0.6 is 0 Å². The van der Waals surface area contributed by atoms with Crippen molar-refractivity contribution in [1.82, 2.24) is 4.90 Å². The fourth-order valence-electron chi connectivity index (χ4n) is 2.50. The van der Waals surface area contributed by atoms with Gasteiger partial charge < -0.3 is 20.5 Å². The number of rotatable bonds is 3. The van der Waals surface area contributed by atoms with E-state index in [1.165, 1.54) is 4.90 Å². The maximum atomic E-state index is 12.4. The summed E-state index contributed by atoms with van der Waals surface area (Å²) in [4.78, 5) is 14.0. The second-order valence-corrected chi connectivity index (χ2v) is 5.53. The standard InChI is InChI=1S/C15H22N2O3/c1-11-4-3-5-12(13(11)16)14(18)17(2)10-15(19)6-8-20-9-7-15/h3-5,19H,6-10,16H2,1-2H3. The van der Waals surface area contributed by atoms with Crippen LogP contribution in [0.15, 0.2) is 18.2 Å². The molecule has 0 atom stereocenters. The molecule has 1 amide bonds. The number of hydrogen-bond donors (Lipinski definition) is 2. The number of ether oxygens (including phenoxy) is 1. The Balaban J connectivity index is 2.10. The van der Waals surface area contributed by atoms with E-state index in [-0.39, 0.29) is 5.91 Å². The highest BCUT2D eigenvalue weighted by atomic mass is 16.5. The molecule has 1 saturated heterocycles. The predicted molar refractivity (Wildman–Crippen MR) is 77.6 cm³/mol. The van der Waals surface area contributed by atoms with E-state index in [1.807, 2.05) is 19.1 Å². The summed E-state index contributed by atoms with van der Waals surface area (Å²) in [5, 5.41) is 10.5. The monoisotopic (exact) mass is 278 g/mol. The Labute approximate surface area is 119 Å². The van der Waals surface area contributed by atoms with Crippen LogP contribution in [0.1, 0.15) is 28.8 Å². The SMILES string of the molecule is Cc1cccc(C(=O)N(C)CC2(O)CCOCC2)c1N. The summed E-state index contributed by atoms with van der Waals surface area (Å²) in [6, 6.07) is 5.41. The maximum Gasteiger partial charge on any atom is 0.255 e. The van der Waals surface area contributed by atoms with Gasteiger partial charge in [-0.1, -0.05) is 12.1 Å². The zero-order chi connectivity index (χ0) is 14.8. The van der Waals surface area contributed by atoms with Crippen molar-refractivity contribution in [2.75, 3.05) is 32.5 Å². The Bertz CT molecular complexity index is 496.